The van der Waals surface area contributed by atoms with Gasteiger partial charge in [0.2, 0.25) is 0 Å². The van der Waals surface area contributed by atoms with Gasteiger partial charge in [0.25, 0.3) is 0 Å². The van der Waals surface area contributed by atoms with Gasteiger partial charge in [-0.15, -0.1) is 5.10 Å². The summed E-state index contributed by atoms with van der Waals surface area (Å²) in [6, 6.07) is 13.8. The highest BCUT2D eigenvalue weighted by Crippen LogP contribution is 2.32. The van der Waals surface area contributed by atoms with Gasteiger partial charge in [0.1, 0.15) is 11.8 Å². The molecule has 0 fully saturated rings. The van der Waals surface area contributed by atoms with Gasteiger partial charge in [-0.25, -0.2) is 0 Å². The number of alkyl halides is 3. The van der Waals surface area contributed by atoms with Crippen molar-refractivity contribution in [1.82, 2.24) is 15.4 Å². The molecule has 3 rings (SSSR count). The summed E-state index contributed by atoms with van der Waals surface area (Å²) in [5, 5.41) is 18.9. The smallest absolute Gasteiger partial charge is 0.196 e. The summed E-state index contributed by atoms with van der Waals surface area (Å²) in [4.78, 5) is 0. The summed E-state index contributed by atoms with van der Waals surface area (Å²) in [7, 11) is 0. The van der Waals surface area contributed by atoms with Gasteiger partial charge in [-0.05, 0) is 23.3 Å². The highest BCUT2D eigenvalue weighted by atomic mass is 19.4. The van der Waals surface area contributed by atoms with Crippen LogP contribution in [0.5, 0.6) is 0 Å². The zero-order valence-electron chi connectivity index (χ0n) is 11.6. The summed E-state index contributed by atoms with van der Waals surface area (Å²) in [5.41, 5.74) is 1.64. The number of benzene rings is 2. The zero-order chi connectivity index (χ0) is 16.4. The molecular weight excluding hydrogens is 305 g/mol. The van der Waals surface area contributed by atoms with Crippen LogP contribution in [0.2, 0.25) is 0 Å². The van der Waals surface area contributed by atoms with Gasteiger partial charge in [0.15, 0.2) is 5.69 Å². The summed E-state index contributed by atoms with van der Waals surface area (Å²) >= 11 is 0. The van der Waals surface area contributed by atoms with Crippen LogP contribution in [-0.2, 0) is 6.18 Å². The molecule has 0 amide bonds. The van der Waals surface area contributed by atoms with Crippen molar-refractivity contribution in [3.8, 4) is 28.5 Å². The summed E-state index contributed by atoms with van der Waals surface area (Å²) in [6.07, 6.45) is -4.38. The van der Waals surface area contributed by atoms with Crippen LogP contribution < -0.4 is 0 Å². The second kappa shape index (κ2) is 5.57. The van der Waals surface area contributed by atoms with Gasteiger partial charge in [0.05, 0.1) is 5.56 Å². The fourth-order valence-electron chi connectivity index (χ4n) is 2.21. The Hall–Kier alpha value is -3.14. The molecule has 0 aliphatic carbocycles. The van der Waals surface area contributed by atoms with E-state index in [-0.39, 0.29) is 5.69 Å². The van der Waals surface area contributed by atoms with Crippen molar-refractivity contribution < 1.29 is 13.2 Å². The van der Waals surface area contributed by atoms with E-state index in [2.05, 4.69) is 15.4 Å². The average Bonchev–Trinajstić information content (AvgIpc) is 3.03. The van der Waals surface area contributed by atoms with Gasteiger partial charge in [-0.3, -0.25) is 0 Å². The molecule has 0 aliphatic heterocycles. The summed E-state index contributed by atoms with van der Waals surface area (Å²) < 4.78 is 38.3. The quantitative estimate of drug-likeness (QED) is 0.776. The van der Waals surface area contributed by atoms with Crippen molar-refractivity contribution in [2.45, 2.75) is 6.18 Å². The monoisotopic (exact) mass is 314 g/mol. The zero-order valence-corrected chi connectivity index (χ0v) is 11.6. The molecule has 0 atom stereocenters. The van der Waals surface area contributed by atoms with Crippen LogP contribution in [0.3, 0.4) is 0 Å². The normalized spacial score (nSPS) is 11.2. The number of hydrogen-bond donors (Lipinski definition) is 1. The van der Waals surface area contributed by atoms with Crippen molar-refractivity contribution in [1.29, 1.82) is 5.26 Å². The Balaban J connectivity index is 1.96. The van der Waals surface area contributed by atoms with E-state index in [4.69, 9.17) is 5.26 Å². The van der Waals surface area contributed by atoms with E-state index in [1.54, 1.807) is 30.3 Å². The molecule has 0 spiro atoms. The highest BCUT2D eigenvalue weighted by Gasteiger charge is 2.30. The Morgan fingerprint density at radius 2 is 1.61 bits per heavy atom. The lowest BCUT2D eigenvalue weighted by molar-refractivity contribution is -0.137. The summed E-state index contributed by atoms with van der Waals surface area (Å²) in [5.74, 6) is 0. The molecule has 0 radical (unpaired) electrons. The van der Waals surface area contributed by atoms with Crippen molar-refractivity contribution in [3.63, 3.8) is 0 Å². The van der Waals surface area contributed by atoms with Crippen LogP contribution in [0.15, 0.2) is 48.5 Å². The van der Waals surface area contributed by atoms with Crippen LogP contribution in [-0.4, -0.2) is 15.4 Å². The number of aromatic nitrogens is 3. The molecule has 0 bridgehead atoms. The molecule has 2 aromatic carbocycles. The van der Waals surface area contributed by atoms with Gasteiger partial charge in [-0.2, -0.15) is 28.7 Å². The van der Waals surface area contributed by atoms with Crippen molar-refractivity contribution >= 4 is 0 Å². The molecular formula is C16H9F3N4. The maximum Gasteiger partial charge on any atom is 0.416 e. The van der Waals surface area contributed by atoms with Crippen LogP contribution in [0.1, 0.15) is 11.3 Å². The molecule has 1 aromatic heterocycles. The SMILES string of the molecule is N#Cc1n[nH]nc1-c1ccc(-c2cccc(C(F)(F)F)c2)cc1. The number of aromatic amines is 1. The number of nitrogens with one attached hydrogen (secondary N) is 1. The van der Waals surface area contributed by atoms with Crippen LogP contribution >= 0.6 is 0 Å². The maximum atomic E-state index is 12.8. The molecule has 3 aromatic rings. The van der Waals surface area contributed by atoms with E-state index in [9.17, 15) is 13.2 Å². The minimum Gasteiger partial charge on any atom is -0.196 e. The Bertz CT molecular complexity index is 873. The Morgan fingerprint density at radius 3 is 2.26 bits per heavy atom. The van der Waals surface area contributed by atoms with Gasteiger partial charge in [-0.1, -0.05) is 36.4 Å². The van der Waals surface area contributed by atoms with E-state index in [1.165, 1.54) is 6.07 Å². The van der Waals surface area contributed by atoms with Crippen LogP contribution in [0, 0.1) is 11.3 Å². The number of H-pyrrole nitrogens is 1. The van der Waals surface area contributed by atoms with Crippen LogP contribution in [0.4, 0.5) is 13.2 Å². The van der Waals surface area contributed by atoms with E-state index in [0.717, 1.165) is 12.1 Å². The fourth-order valence-corrected chi connectivity index (χ4v) is 2.21. The minimum absolute atomic E-state index is 0.164. The predicted molar refractivity (Wildman–Crippen MR) is 77.0 cm³/mol. The van der Waals surface area contributed by atoms with Crippen molar-refractivity contribution in [3.05, 3.63) is 59.8 Å². The molecule has 114 valence electrons. The topological polar surface area (TPSA) is 65.4 Å². The largest absolute Gasteiger partial charge is 0.416 e. The molecule has 1 N–H and O–H groups in total. The van der Waals surface area contributed by atoms with E-state index >= 15 is 0 Å². The third-order valence-electron chi connectivity index (χ3n) is 3.34. The molecule has 0 unspecified atom stereocenters. The van der Waals surface area contributed by atoms with E-state index < -0.39 is 11.7 Å². The van der Waals surface area contributed by atoms with Crippen molar-refractivity contribution in [2.24, 2.45) is 0 Å². The molecule has 0 aliphatic rings. The first kappa shape index (κ1) is 14.8. The standard InChI is InChI=1S/C16H9F3N4/c17-16(18,19)13-3-1-2-12(8-13)10-4-6-11(7-5-10)15-14(9-20)21-23-22-15/h1-8H,(H,21,22,23). The third-order valence-corrected chi connectivity index (χ3v) is 3.34. The number of hydrogen-bond acceptors (Lipinski definition) is 3. The molecule has 1 heterocycles. The highest BCUT2D eigenvalue weighted by molar-refractivity contribution is 5.70. The number of rotatable bonds is 2. The Morgan fingerprint density at radius 1 is 0.913 bits per heavy atom. The molecule has 4 nitrogen and oxygen atoms in total. The lowest BCUT2D eigenvalue weighted by atomic mass is 10.0. The second-order valence-corrected chi connectivity index (χ2v) is 4.79. The first-order valence-corrected chi connectivity index (χ1v) is 6.58. The Kier molecular flexibility index (Phi) is 3.58. The van der Waals surface area contributed by atoms with Gasteiger partial charge >= 0.3 is 6.18 Å². The van der Waals surface area contributed by atoms with Gasteiger partial charge in [0, 0.05) is 5.56 Å². The predicted octanol–water partition coefficient (Wildman–Crippen LogP) is 4.03. The van der Waals surface area contributed by atoms with Crippen molar-refractivity contribution in [2.75, 3.05) is 0 Å². The average molecular weight is 314 g/mol. The molecule has 23 heavy (non-hydrogen) atoms. The molecule has 0 saturated heterocycles. The van der Waals surface area contributed by atoms with E-state index in [1.807, 2.05) is 6.07 Å². The lowest BCUT2D eigenvalue weighted by Crippen LogP contribution is -2.04. The minimum atomic E-state index is -4.38. The number of nitriles is 1. The fraction of sp³-hybridized carbons (Fsp3) is 0.0625. The Labute approximate surface area is 129 Å². The first-order valence-electron chi connectivity index (χ1n) is 6.58. The van der Waals surface area contributed by atoms with E-state index in [0.29, 0.717) is 22.4 Å². The molecule has 0 saturated carbocycles. The van der Waals surface area contributed by atoms with Crippen LogP contribution in [0.25, 0.3) is 22.4 Å². The maximum absolute atomic E-state index is 12.8. The number of nitrogens with zero attached hydrogens (tertiary/aromatic N) is 3. The first-order chi connectivity index (χ1) is 11.0. The van der Waals surface area contributed by atoms with Gasteiger partial charge < -0.3 is 0 Å². The number of halogens is 3. The lowest BCUT2D eigenvalue weighted by Gasteiger charge is -2.09. The third kappa shape index (κ3) is 2.92. The second-order valence-electron chi connectivity index (χ2n) is 4.79. The molecule has 7 heteroatoms. The summed E-state index contributed by atoms with van der Waals surface area (Å²) in [6.45, 7) is 0.